The molecule has 0 bridgehead atoms. The molecule has 3 aromatic carbocycles. The normalized spacial score (nSPS) is 12.6. The fourth-order valence-corrected chi connectivity index (χ4v) is 4.79. The highest BCUT2D eigenvalue weighted by molar-refractivity contribution is 7.84. The van der Waals surface area contributed by atoms with E-state index in [1.165, 1.54) is 22.9 Å². The van der Waals surface area contributed by atoms with Crippen molar-refractivity contribution in [1.82, 2.24) is 19.3 Å². The van der Waals surface area contributed by atoms with E-state index < -0.39 is 22.5 Å². The lowest BCUT2D eigenvalue weighted by atomic mass is 10.0. The SMILES string of the molecule is Cn1oc(=S)nc1-c1cn(-c2ccc(-c3cccc(S(C)=O)c3)cc2)c(-c2ccccc2C(F)(F)F)n1. The Bertz CT molecular complexity index is 1690. The predicted molar refractivity (Wildman–Crippen MR) is 137 cm³/mol. The Morgan fingerprint density at radius 3 is 2.30 bits per heavy atom. The van der Waals surface area contributed by atoms with Gasteiger partial charge in [0.05, 0.1) is 5.56 Å². The van der Waals surface area contributed by atoms with E-state index >= 15 is 0 Å². The van der Waals surface area contributed by atoms with Crippen LogP contribution < -0.4 is 0 Å². The third kappa shape index (κ3) is 4.92. The largest absolute Gasteiger partial charge is 0.417 e. The summed E-state index contributed by atoms with van der Waals surface area (Å²) in [5, 5.41) is 0. The highest BCUT2D eigenvalue weighted by atomic mass is 32.2. The zero-order valence-corrected chi connectivity index (χ0v) is 21.2. The van der Waals surface area contributed by atoms with E-state index in [1.54, 1.807) is 42.3 Å². The molecule has 1 atom stereocenters. The molecule has 2 heterocycles. The lowest BCUT2D eigenvalue weighted by Crippen LogP contribution is -2.08. The molecule has 188 valence electrons. The van der Waals surface area contributed by atoms with E-state index in [4.69, 9.17) is 16.7 Å². The van der Waals surface area contributed by atoms with E-state index in [-0.39, 0.29) is 22.0 Å². The Kier molecular flexibility index (Phi) is 6.42. The van der Waals surface area contributed by atoms with Crippen molar-refractivity contribution < 1.29 is 21.9 Å². The van der Waals surface area contributed by atoms with Crippen LogP contribution in [0.15, 0.2) is 88.4 Å². The summed E-state index contributed by atoms with van der Waals surface area (Å²) in [6.45, 7) is 0. The molecule has 2 aromatic heterocycles. The summed E-state index contributed by atoms with van der Waals surface area (Å²) in [5.74, 6) is 0.378. The molecule has 5 rings (SSSR count). The second-order valence-corrected chi connectivity index (χ2v) is 9.91. The van der Waals surface area contributed by atoms with Crippen LogP contribution in [0.25, 0.3) is 39.7 Å². The lowest BCUT2D eigenvalue weighted by Gasteiger charge is -2.14. The Balaban J connectivity index is 1.66. The van der Waals surface area contributed by atoms with Crippen LogP contribution in [-0.2, 0) is 24.0 Å². The standard InChI is InChI=1S/C26H19F3N4O2S2/c1-32-24(31-25(36)35-32)22-15-33(23(30-22)20-8-3-4-9-21(20)26(27,28)29)18-12-10-16(11-13-18)17-6-5-7-19(14-17)37(2)34/h3-15H,1-2H3. The average Bonchev–Trinajstić information content (AvgIpc) is 3.46. The van der Waals surface area contributed by atoms with Crippen LogP contribution in [0.1, 0.15) is 5.56 Å². The van der Waals surface area contributed by atoms with Gasteiger partial charge in [0.15, 0.2) is 5.82 Å². The molecule has 1 unspecified atom stereocenters. The highest BCUT2D eigenvalue weighted by Crippen LogP contribution is 2.38. The Morgan fingerprint density at radius 2 is 1.65 bits per heavy atom. The number of hydrogen-bond acceptors (Lipinski definition) is 5. The summed E-state index contributed by atoms with van der Waals surface area (Å²) >= 11 is 5.00. The fourth-order valence-electron chi connectivity index (χ4n) is 4.03. The number of hydrogen-bond donors (Lipinski definition) is 0. The van der Waals surface area contributed by atoms with Gasteiger partial charge in [-0.25, -0.2) is 4.98 Å². The molecule has 6 nitrogen and oxygen atoms in total. The Morgan fingerprint density at radius 1 is 0.919 bits per heavy atom. The van der Waals surface area contributed by atoms with Gasteiger partial charge in [-0.15, -0.1) is 0 Å². The first-order chi connectivity index (χ1) is 17.6. The quantitative estimate of drug-likeness (QED) is 0.233. The van der Waals surface area contributed by atoms with Crippen molar-refractivity contribution in [3.05, 3.63) is 89.4 Å². The van der Waals surface area contributed by atoms with E-state index in [0.717, 1.165) is 17.2 Å². The highest BCUT2D eigenvalue weighted by Gasteiger charge is 2.35. The van der Waals surface area contributed by atoms with Gasteiger partial charge in [0.1, 0.15) is 11.5 Å². The molecule has 0 saturated carbocycles. The van der Waals surface area contributed by atoms with Crippen molar-refractivity contribution in [3.8, 4) is 39.7 Å². The summed E-state index contributed by atoms with van der Waals surface area (Å²) in [4.78, 5) is 9.38. The summed E-state index contributed by atoms with van der Waals surface area (Å²) in [6.07, 6.45) is -1.36. The van der Waals surface area contributed by atoms with Gasteiger partial charge in [0, 0.05) is 46.4 Å². The van der Waals surface area contributed by atoms with Crippen LogP contribution in [0, 0.1) is 4.84 Å². The van der Waals surface area contributed by atoms with Crippen molar-refractivity contribution in [3.63, 3.8) is 0 Å². The minimum Gasteiger partial charge on any atom is -0.345 e. The molecule has 37 heavy (non-hydrogen) atoms. The van der Waals surface area contributed by atoms with Crippen molar-refractivity contribution >= 4 is 23.0 Å². The van der Waals surface area contributed by atoms with Gasteiger partial charge in [-0.3, -0.25) is 8.78 Å². The molecular weight excluding hydrogens is 521 g/mol. The predicted octanol–water partition coefficient (Wildman–Crippen LogP) is 6.69. The van der Waals surface area contributed by atoms with Crippen LogP contribution in [0.3, 0.4) is 0 Å². The number of aromatic nitrogens is 4. The van der Waals surface area contributed by atoms with Gasteiger partial charge in [-0.1, -0.05) is 42.5 Å². The van der Waals surface area contributed by atoms with E-state index in [2.05, 4.69) is 9.97 Å². The van der Waals surface area contributed by atoms with Crippen LogP contribution >= 0.6 is 12.2 Å². The summed E-state index contributed by atoms with van der Waals surface area (Å²) in [7, 11) is 0.466. The number of imidazole rings is 1. The molecular formula is C26H19F3N4O2S2. The number of nitrogens with zero attached hydrogens (tertiary/aromatic N) is 4. The molecule has 0 N–H and O–H groups in total. The van der Waals surface area contributed by atoms with Crippen molar-refractivity contribution in [2.75, 3.05) is 6.26 Å². The Hall–Kier alpha value is -3.83. The van der Waals surface area contributed by atoms with Crippen LogP contribution in [0.4, 0.5) is 13.2 Å². The molecule has 11 heteroatoms. The minimum atomic E-state index is -4.58. The maximum absolute atomic E-state index is 13.9. The van der Waals surface area contributed by atoms with Gasteiger partial charge in [-0.2, -0.15) is 22.9 Å². The summed E-state index contributed by atoms with van der Waals surface area (Å²) in [6, 6.07) is 20.0. The molecule has 0 fully saturated rings. The Labute approximate surface area is 217 Å². The first-order valence-corrected chi connectivity index (χ1v) is 12.9. The molecule has 5 aromatic rings. The summed E-state index contributed by atoms with van der Waals surface area (Å²) in [5.41, 5.74) is 1.76. The third-order valence-electron chi connectivity index (χ3n) is 5.76. The number of halogens is 3. The van der Waals surface area contributed by atoms with Gasteiger partial charge in [-0.05, 0) is 53.7 Å². The maximum Gasteiger partial charge on any atom is 0.417 e. The number of rotatable bonds is 5. The van der Waals surface area contributed by atoms with Gasteiger partial charge >= 0.3 is 11.0 Å². The molecule has 0 aliphatic carbocycles. The molecule has 0 aliphatic heterocycles. The zero-order chi connectivity index (χ0) is 26.3. The molecule has 0 amide bonds. The van der Waals surface area contributed by atoms with Crippen LogP contribution in [-0.4, -0.2) is 29.7 Å². The zero-order valence-electron chi connectivity index (χ0n) is 19.6. The third-order valence-corrected chi connectivity index (χ3v) is 6.85. The van der Waals surface area contributed by atoms with Crippen molar-refractivity contribution in [2.45, 2.75) is 11.1 Å². The van der Waals surface area contributed by atoms with Gasteiger partial charge in [0.25, 0.3) is 0 Å². The van der Waals surface area contributed by atoms with Crippen LogP contribution in [0.2, 0.25) is 0 Å². The van der Waals surface area contributed by atoms with Gasteiger partial charge in [0.2, 0.25) is 0 Å². The molecule has 0 saturated heterocycles. The second kappa shape index (κ2) is 9.56. The van der Waals surface area contributed by atoms with Crippen LogP contribution in [0.5, 0.6) is 0 Å². The van der Waals surface area contributed by atoms with E-state index in [1.807, 2.05) is 30.3 Å². The van der Waals surface area contributed by atoms with Crippen molar-refractivity contribution in [2.24, 2.45) is 7.05 Å². The molecule has 0 radical (unpaired) electrons. The summed E-state index contributed by atoms with van der Waals surface area (Å²) < 4.78 is 61.7. The van der Waals surface area contributed by atoms with E-state index in [9.17, 15) is 17.4 Å². The molecule has 0 aliphatic rings. The number of alkyl halides is 3. The second-order valence-electron chi connectivity index (χ2n) is 8.18. The maximum atomic E-state index is 13.9. The average molecular weight is 541 g/mol. The topological polar surface area (TPSA) is 65.8 Å². The monoisotopic (exact) mass is 540 g/mol. The smallest absolute Gasteiger partial charge is 0.345 e. The lowest BCUT2D eigenvalue weighted by molar-refractivity contribution is -0.137. The molecule has 0 spiro atoms. The minimum absolute atomic E-state index is 0.0103. The van der Waals surface area contributed by atoms with Gasteiger partial charge < -0.3 is 4.52 Å². The number of aryl methyl sites for hydroxylation is 1. The first-order valence-electron chi connectivity index (χ1n) is 11.0. The van der Waals surface area contributed by atoms with Crippen molar-refractivity contribution in [1.29, 1.82) is 0 Å². The number of benzene rings is 3. The van der Waals surface area contributed by atoms with E-state index in [0.29, 0.717) is 16.3 Å². The first kappa shape index (κ1) is 24.8. The fraction of sp³-hybridized carbons (Fsp3) is 0.115.